The van der Waals surface area contributed by atoms with E-state index in [9.17, 15) is 19.1 Å². The van der Waals surface area contributed by atoms with Gasteiger partial charge in [-0.3, -0.25) is 4.79 Å². The zero-order valence-electron chi connectivity index (χ0n) is 11.5. The van der Waals surface area contributed by atoms with Crippen LogP contribution >= 0.6 is 0 Å². The molecule has 1 aliphatic heterocycles. The molecule has 1 N–H and O–H groups in total. The zero-order valence-corrected chi connectivity index (χ0v) is 11.5. The number of carbonyl (C=O) groups is 2. The van der Waals surface area contributed by atoms with E-state index in [1.54, 1.807) is 30.3 Å². The molecule has 1 aromatic rings. The number of carbonyl (C=O) groups excluding carboxylic acids is 2. The lowest BCUT2D eigenvalue weighted by molar-refractivity contribution is -0.146. The molecular weight excluding hydrogens is 277 g/mol. The average Bonchev–Trinajstić information content (AvgIpc) is 2.87. The van der Waals surface area contributed by atoms with E-state index in [0.29, 0.717) is 10.5 Å². The van der Waals surface area contributed by atoms with E-state index in [0.717, 1.165) is 13.0 Å². The lowest BCUT2D eigenvalue weighted by Crippen LogP contribution is -2.51. The molecule has 2 amide bonds. The molecule has 0 saturated carbocycles. The Hall–Kier alpha value is -2.21. The molecule has 1 heterocycles. The van der Waals surface area contributed by atoms with Crippen molar-refractivity contribution in [1.29, 1.82) is 0 Å². The van der Waals surface area contributed by atoms with Gasteiger partial charge >= 0.3 is 6.09 Å². The van der Waals surface area contributed by atoms with E-state index in [4.69, 9.17) is 4.74 Å². The number of aliphatic hydroxyl groups excluding tert-OH is 1. The summed E-state index contributed by atoms with van der Waals surface area (Å²) in [6.45, 7) is 4.12. The van der Waals surface area contributed by atoms with Crippen LogP contribution in [0.2, 0.25) is 0 Å². The Morgan fingerprint density at radius 3 is 2.76 bits per heavy atom. The lowest BCUT2D eigenvalue weighted by atomic mass is 9.97. The van der Waals surface area contributed by atoms with E-state index >= 15 is 0 Å². The number of hydrogen-bond acceptors (Lipinski definition) is 4. The summed E-state index contributed by atoms with van der Waals surface area (Å²) in [4.78, 5) is 24.8. The monoisotopic (exact) mass is 293 g/mol. The molecule has 0 bridgehead atoms. The van der Waals surface area contributed by atoms with Gasteiger partial charge in [0.15, 0.2) is 0 Å². The van der Waals surface area contributed by atoms with Gasteiger partial charge in [-0.05, 0) is 12.5 Å². The van der Waals surface area contributed by atoms with Crippen LogP contribution in [0.25, 0.3) is 0 Å². The molecule has 2 rings (SSSR count). The Labute approximate surface area is 121 Å². The summed E-state index contributed by atoms with van der Waals surface area (Å²) in [5.74, 6) is -1.15. The molecule has 1 aliphatic rings. The highest BCUT2D eigenvalue weighted by Crippen LogP contribution is 2.32. The van der Waals surface area contributed by atoms with Crippen molar-refractivity contribution in [2.75, 3.05) is 6.61 Å². The van der Waals surface area contributed by atoms with E-state index in [-0.39, 0.29) is 6.61 Å². The number of halogens is 1. The molecular formula is C15H16FNO4. The number of amides is 2. The highest BCUT2D eigenvalue weighted by Gasteiger charge is 2.50. The number of alkyl halides is 1. The fraction of sp³-hybridized carbons (Fsp3) is 0.333. The molecule has 0 aliphatic carbocycles. The molecule has 1 aromatic carbocycles. The summed E-state index contributed by atoms with van der Waals surface area (Å²) in [7, 11) is 0. The molecule has 0 radical (unpaired) electrons. The van der Waals surface area contributed by atoms with Crippen molar-refractivity contribution in [3.63, 3.8) is 0 Å². The van der Waals surface area contributed by atoms with Crippen LogP contribution in [0.3, 0.4) is 0 Å². The normalized spacial score (nSPS) is 22.3. The number of imide groups is 1. The van der Waals surface area contributed by atoms with Crippen LogP contribution in [0, 0.1) is 0 Å². The van der Waals surface area contributed by atoms with Crippen LogP contribution in [0.1, 0.15) is 18.5 Å². The largest absolute Gasteiger partial charge is 0.446 e. The van der Waals surface area contributed by atoms with Crippen molar-refractivity contribution in [2.24, 2.45) is 0 Å². The Balaban J connectivity index is 2.33. The predicted molar refractivity (Wildman–Crippen MR) is 73.1 cm³/mol. The molecule has 21 heavy (non-hydrogen) atoms. The molecule has 1 unspecified atom stereocenters. The highest BCUT2D eigenvalue weighted by molar-refractivity contribution is 5.98. The summed E-state index contributed by atoms with van der Waals surface area (Å²) in [5.41, 5.74) is -2.00. The summed E-state index contributed by atoms with van der Waals surface area (Å²) >= 11 is 0. The van der Waals surface area contributed by atoms with Gasteiger partial charge in [-0.2, -0.15) is 0 Å². The maximum atomic E-state index is 14.5. The van der Waals surface area contributed by atoms with Crippen molar-refractivity contribution >= 4 is 12.0 Å². The maximum Gasteiger partial charge on any atom is 0.417 e. The third kappa shape index (κ3) is 2.67. The first-order chi connectivity index (χ1) is 9.89. The molecule has 6 heteroatoms. The maximum absolute atomic E-state index is 14.5. The van der Waals surface area contributed by atoms with Gasteiger partial charge in [0.2, 0.25) is 5.67 Å². The minimum absolute atomic E-state index is 0.0468. The van der Waals surface area contributed by atoms with E-state index < -0.39 is 29.8 Å². The quantitative estimate of drug-likeness (QED) is 0.862. The third-order valence-electron chi connectivity index (χ3n) is 3.47. The zero-order chi connectivity index (χ0) is 15.6. The van der Waals surface area contributed by atoms with Gasteiger partial charge in [-0.25, -0.2) is 14.1 Å². The predicted octanol–water partition coefficient (Wildman–Crippen LogP) is 1.98. The number of cyclic esters (lactones) is 1. The highest BCUT2D eigenvalue weighted by atomic mass is 19.1. The number of rotatable bonds is 4. The van der Waals surface area contributed by atoms with Gasteiger partial charge in [-0.15, -0.1) is 6.58 Å². The van der Waals surface area contributed by atoms with Crippen LogP contribution in [0.5, 0.6) is 0 Å². The molecule has 112 valence electrons. The summed E-state index contributed by atoms with van der Waals surface area (Å²) < 4.78 is 19.3. The number of aliphatic hydroxyl groups is 1. The number of nitrogens with zero attached hydrogens (tertiary/aromatic N) is 1. The number of hydrogen-bond donors (Lipinski definition) is 1. The first-order valence-electron chi connectivity index (χ1n) is 6.44. The topological polar surface area (TPSA) is 66.8 Å². The SMILES string of the molecule is C=C[C@@H](O)C(C)(F)C(=O)N1C(=O)OC[C@@H]1c1ccccc1. The van der Waals surface area contributed by atoms with Gasteiger partial charge in [0, 0.05) is 0 Å². The molecule has 0 aromatic heterocycles. The van der Waals surface area contributed by atoms with Crippen LogP contribution in [0.4, 0.5) is 9.18 Å². The minimum Gasteiger partial charge on any atom is -0.446 e. The third-order valence-corrected chi connectivity index (χ3v) is 3.47. The summed E-state index contributed by atoms with van der Waals surface area (Å²) in [6.07, 6.45) is -1.72. The second kappa shape index (κ2) is 5.65. The van der Waals surface area contributed by atoms with Crippen molar-refractivity contribution in [2.45, 2.75) is 24.7 Å². The summed E-state index contributed by atoms with van der Waals surface area (Å²) in [5, 5.41) is 9.57. The van der Waals surface area contributed by atoms with Crippen molar-refractivity contribution in [1.82, 2.24) is 4.90 Å². The second-order valence-corrected chi connectivity index (χ2v) is 4.93. The Bertz CT molecular complexity index is 558. The van der Waals surface area contributed by atoms with Crippen molar-refractivity contribution in [3.05, 3.63) is 48.6 Å². The molecule has 5 nitrogen and oxygen atoms in total. The van der Waals surface area contributed by atoms with Crippen LogP contribution in [-0.2, 0) is 9.53 Å². The van der Waals surface area contributed by atoms with Crippen molar-refractivity contribution < 1.29 is 23.8 Å². The van der Waals surface area contributed by atoms with E-state index in [2.05, 4.69) is 6.58 Å². The average molecular weight is 293 g/mol. The molecule has 0 spiro atoms. The second-order valence-electron chi connectivity index (χ2n) is 4.93. The van der Waals surface area contributed by atoms with Crippen molar-refractivity contribution in [3.8, 4) is 0 Å². The van der Waals surface area contributed by atoms with Gasteiger partial charge in [0.25, 0.3) is 5.91 Å². The Kier molecular flexibility index (Phi) is 4.09. The number of ether oxygens (including phenoxy) is 1. The number of benzene rings is 1. The van der Waals surface area contributed by atoms with Crippen LogP contribution < -0.4 is 0 Å². The smallest absolute Gasteiger partial charge is 0.417 e. The fourth-order valence-electron chi connectivity index (χ4n) is 2.15. The summed E-state index contributed by atoms with van der Waals surface area (Å²) in [6, 6.07) is 7.99. The lowest BCUT2D eigenvalue weighted by Gasteiger charge is -2.29. The van der Waals surface area contributed by atoms with E-state index in [1.165, 1.54) is 0 Å². The Morgan fingerprint density at radius 1 is 1.57 bits per heavy atom. The van der Waals surface area contributed by atoms with Gasteiger partial charge in [-0.1, -0.05) is 36.4 Å². The Morgan fingerprint density at radius 2 is 2.19 bits per heavy atom. The standard InChI is InChI=1S/C15H16FNO4/c1-3-12(18)15(2,16)13(19)17-11(9-21-14(17)20)10-7-5-4-6-8-10/h3-8,11-12,18H,1,9H2,2H3/t11-,12-,15?/m1/s1. The first-order valence-corrected chi connectivity index (χ1v) is 6.44. The molecule has 1 saturated heterocycles. The van der Waals surface area contributed by atoms with Gasteiger partial charge in [0.05, 0.1) is 0 Å². The van der Waals surface area contributed by atoms with Crippen LogP contribution in [0.15, 0.2) is 43.0 Å². The fourth-order valence-corrected chi connectivity index (χ4v) is 2.15. The van der Waals surface area contributed by atoms with Crippen LogP contribution in [-0.4, -0.2) is 40.4 Å². The molecule has 1 fully saturated rings. The van der Waals surface area contributed by atoms with E-state index in [1.807, 2.05) is 0 Å². The minimum atomic E-state index is -2.65. The van der Waals surface area contributed by atoms with Gasteiger partial charge in [0.1, 0.15) is 18.8 Å². The first kappa shape index (κ1) is 15.2. The molecule has 3 atom stereocenters. The van der Waals surface area contributed by atoms with Gasteiger partial charge < -0.3 is 9.84 Å².